The van der Waals surface area contributed by atoms with Gasteiger partial charge >= 0.3 is 13.8 Å². The molecule has 0 aliphatic heterocycles. The number of amides is 1. The van der Waals surface area contributed by atoms with Crippen LogP contribution in [0.3, 0.4) is 0 Å². The van der Waals surface area contributed by atoms with Crippen molar-refractivity contribution in [2.45, 2.75) is 129 Å². The second kappa shape index (κ2) is 37.7. The quantitative estimate of drug-likeness (QED) is 0.0257. The van der Waals surface area contributed by atoms with Crippen molar-refractivity contribution in [1.82, 2.24) is 5.32 Å². The van der Waals surface area contributed by atoms with Crippen molar-refractivity contribution >= 4 is 19.7 Å². The van der Waals surface area contributed by atoms with Gasteiger partial charge in [0, 0.05) is 19.4 Å². The van der Waals surface area contributed by atoms with Gasteiger partial charge in [-0.25, -0.2) is 4.57 Å². The first-order valence-corrected chi connectivity index (χ1v) is 20.7. The van der Waals surface area contributed by atoms with Crippen LogP contribution in [0.1, 0.15) is 123 Å². The Balaban J connectivity index is 3.80. The van der Waals surface area contributed by atoms with E-state index in [9.17, 15) is 24.2 Å². The fraction of sp³-hybridized carbons (Fsp3) is 0.571. The lowest BCUT2D eigenvalue weighted by Gasteiger charge is -2.15. The smallest absolute Gasteiger partial charge is 0.463 e. The molecule has 10 heteroatoms. The summed E-state index contributed by atoms with van der Waals surface area (Å²) in [4.78, 5) is 33.7. The third kappa shape index (κ3) is 38.2. The van der Waals surface area contributed by atoms with Gasteiger partial charge in [0.05, 0.1) is 13.2 Å². The Morgan fingerprint density at radius 2 is 1.13 bits per heavy atom. The SMILES string of the molecule is CC/C=C\C/C=C\C/C=C\C/C=C\C/C=C\C/C=C\C/C=C\CC(=O)NCCOP(=O)(O)OCC(O)COC(=O)CCCCCCC/C=C\CCC. The molecular formula is C42H68NO8P. The van der Waals surface area contributed by atoms with Crippen LogP contribution in [0.4, 0.5) is 0 Å². The predicted octanol–water partition coefficient (Wildman–Crippen LogP) is 10.3. The fourth-order valence-corrected chi connectivity index (χ4v) is 5.15. The third-order valence-corrected chi connectivity index (χ3v) is 8.24. The highest BCUT2D eigenvalue weighted by Crippen LogP contribution is 2.42. The van der Waals surface area contributed by atoms with Gasteiger partial charge in [0.15, 0.2) is 0 Å². The van der Waals surface area contributed by atoms with Crippen molar-refractivity contribution in [1.29, 1.82) is 0 Å². The van der Waals surface area contributed by atoms with Crippen molar-refractivity contribution in [2.24, 2.45) is 0 Å². The number of esters is 1. The van der Waals surface area contributed by atoms with Crippen molar-refractivity contribution in [3.8, 4) is 0 Å². The maximum atomic E-state index is 12.0. The molecule has 0 aromatic carbocycles. The molecule has 0 aromatic rings. The minimum Gasteiger partial charge on any atom is -0.463 e. The van der Waals surface area contributed by atoms with Crippen LogP contribution in [-0.2, 0) is 27.9 Å². The first-order valence-electron chi connectivity index (χ1n) is 19.2. The van der Waals surface area contributed by atoms with Crippen LogP contribution in [0.5, 0.6) is 0 Å². The van der Waals surface area contributed by atoms with Crippen molar-refractivity contribution in [3.63, 3.8) is 0 Å². The summed E-state index contributed by atoms with van der Waals surface area (Å²) in [6, 6.07) is 0. The summed E-state index contributed by atoms with van der Waals surface area (Å²) in [5, 5.41) is 12.5. The first kappa shape index (κ1) is 48.9. The van der Waals surface area contributed by atoms with Crippen molar-refractivity contribution in [2.75, 3.05) is 26.4 Å². The molecule has 294 valence electrons. The highest BCUT2D eigenvalue weighted by atomic mass is 31.2. The zero-order chi connectivity index (χ0) is 38.2. The highest BCUT2D eigenvalue weighted by Gasteiger charge is 2.23. The molecule has 1 amide bonds. The third-order valence-electron chi connectivity index (χ3n) is 7.26. The van der Waals surface area contributed by atoms with Gasteiger partial charge in [-0.3, -0.25) is 18.6 Å². The molecule has 0 saturated heterocycles. The van der Waals surface area contributed by atoms with E-state index in [1.54, 1.807) is 6.08 Å². The number of ether oxygens (including phenoxy) is 1. The molecule has 2 unspecified atom stereocenters. The number of nitrogens with one attached hydrogen (secondary N) is 1. The van der Waals surface area contributed by atoms with Crippen molar-refractivity contribution < 1.29 is 37.9 Å². The maximum Gasteiger partial charge on any atom is 0.472 e. The Labute approximate surface area is 315 Å². The van der Waals surface area contributed by atoms with Crippen LogP contribution in [0.15, 0.2) is 97.2 Å². The Kier molecular flexibility index (Phi) is 35.5. The fourth-order valence-electron chi connectivity index (χ4n) is 4.40. The molecule has 0 saturated carbocycles. The van der Waals surface area contributed by atoms with Crippen LogP contribution >= 0.6 is 7.82 Å². The minimum atomic E-state index is -4.44. The predicted molar refractivity (Wildman–Crippen MR) is 215 cm³/mol. The van der Waals surface area contributed by atoms with Gasteiger partial charge in [-0.1, -0.05) is 137 Å². The summed E-state index contributed by atoms with van der Waals surface area (Å²) >= 11 is 0. The zero-order valence-corrected chi connectivity index (χ0v) is 32.8. The normalized spacial score (nSPS) is 14.5. The van der Waals surface area contributed by atoms with Gasteiger partial charge in [-0.15, -0.1) is 0 Å². The topological polar surface area (TPSA) is 131 Å². The highest BCUT2D eigenvalue weighted by molar-refractivity contribution is 7.47. The molecule has 0 aliphatic rings. The molecule has 0 fully saturated rings. The Morgan fingerprint density at radius 3 is 1.69 bits per heavy atom. The number of allylic oxidation sites excluding steroid dienone is 15. The summed E-state index contributed by atoms with van der Waals surface area (Å²) in [5.74, 6) is -0.673. The number of aliphatic hydroxyl groups is 1. The standard InChI is InChI=1S/C42H68NO8P/c1-3-5-7-9-11-13-15-16-17-18-19-20-21-22-23-24-25-26-28-30-32-34-41(45)43-36-37-50-52(47,48)51-39-40(44)38-49-42(46)35-33-31-29-27-14-12-10-8-6-4-2/h5,7-8,10-11,13,16-17,19-20,22-23,25-26,30,32,40,44H,3-4,6,9,12,14-15,18,21,24,27-29,31,33-39H2,1-2H3,(H,43,45)(H,47,48)/b7-5-,10-8-,13-11-,17-16-,20-19-,23-22-,26-25-,32-30-. The zero-order valence-electron chi connectivity index (χ0n) is 32.0. The molecule has 2 atom stereocenters. The number of unbranched alkanes of at least 4 members (excludes halogenated alkanes) is 6. The molecule has 0 heterocycles. The molecule has 0 spiro atoms. The Hall–Kier alpha value is -3.07. The number of carbonyl (C=O) groups excluding carboxylic acids is 2. The first-order chi connectivity index (χ1) is 25.3. The van der Waals surface area contributed by atoms with E-state index >= 15 is 0 Å². The summed E-state index contributed by atoms with van der Waals surface area (Å²) in [7, 11) is -4.44. The van der Waals surface area contributed by atoms with E-state index in [4.69, 9.17) is 13.8 Å². The number of rotatable bonds is 34. The monoisotopic (exact) mass is 745 g/mol. The molecule has 0 aliphatic carbocycles. The van der Waals surface area contributed by atoms with Crippen LogP contribution in [0.2, 0.25) is 0 Å². The molecule has 0 radical (unpaired) electrons. The lowest BCUT2D eigenvalue weighted by atomic mass is 10.1. The number of hydrogen-bond acceptors (Lipinski definition) is 7. The van der Waals surface area contributed by atoms with Gasteiger partial charge in [0.25, 0.3) is 0 Å². The van der Waals surface area contributed by atoms with E-state index in [-0.39, 0.29) is 38.5 Å². The summed E-state index contributed by atoms with van der Waals surface area (Å²) in [5.41, 5.74) is 0. The van der Waals surface area contributed by atoms with Crippen LogP contribution in [0, 0.1) is 0 Å². The number of phosphoric acid groups is 1. The van der Waals surface area contributed by atoms with Crippen LogP contribution in [-0.4, -0.2) is 54.3 Å². The second-order valence-electron chi connectivity index (χ2n) is 12.2. The second-order valence-corrected chi connectivity index (χ2v) is 13.6. The average molecular weight is 746 g/mol. The molecule has 0 rings (SSSR count). The number of aliphatic hydroxyl groups excluding tert-OH is 1. The van der Waals surface area contributed by atoms with Gasteiger partial charge in [0.2, 0.25) is 5.91 Å². The van der Waals surface area contributed by atoms with E-state index < -0.39 is 26.5 Å². The van der Waals surface area contributed by atoms with E-state index in [0.29, 0.717) is 6.42 Å². The lowest BCUT2D eigenvalue weighted by Crippen LogP contribution is -2.26. The van der Waals surface area contributed by atoms with Crippen LogP contribution in [0.25, 0.3) is 0 Å². The van der Waals surface area contributed by atoms with E-state index in [2.05, 4.69) is 98.2 Å². The molecule has 0 aromatic heterocycles. The lowest BCUT2D eigenvalue weighted by molar-refractivity contribution is -0.147. The maximum absolute atomic E-state index is 12.0. The van der Waals surface area contributed by atoms with Gasteiger partial charge in [0.1, 0.15) is 12.7 Å². The van der Waals surface area contributed by atoms with Gasteiger partial charge < -0.3 is 20.1 Å². The summed E-state index contributed by atoms with van der Waals surface area (Å²) in [6.45, 7) is 3.19. The van der Waals surface area contributed by atoms with Crippen LogP contribution < -0.4 is 5.32 Å². The number of carbonyl (C=O) groups is 2. The van der Waals surface area contributed by atoms with E-state index in [1.165, 1.54) is 6.42 Å². The Morgan fingerprint density at radius 1 is 0.635 bits per heavy atom. The average Bonchev–Trinajstić information content (AvgIpc) is 3.13. The van der Waals surface area contributed by atoms with E-state index in [0.717, 1.165) is 83.5 Å². The van der Waals surface area contributed by atoms with Gasteiger partial charge in [-0.05, 0) is 70.6 Å². The molecule has 3 N–H and O–H groups in total. The molecular weight excluding hydrogens is 677 g/mol. The largest absolute Gasteiger partial charge is 0.472 e. The number of hydrogen-bond donors (Lipinski definition) is 3. The minimum absolute atomic E-state index is 0.0178. The van der Waals surface area contributed by atoms with Gasteiger partial charge in [-0.2, -0.15) is 0 Å². The molecule has 9 nitrogen and oxygen atoms in total. The van der Waals surface area contributed by atoms with E-state index in [1.807, 2.05) is 12.2 Å². The molecule has 52 heavy (non-hydrogen) atoms. The van der Waals surface area contributed by atoms with Crippen molar-refractivity contribution in [3.05, 3.63) is 97.2 Å². The molecule has 0 bridgehead atoms. The summed E-state index contributed by atoms with van der Waals surface area (Å²) < 4.78 is 26.7. The summed E-state index contributed by atoms with van der Waals surface area (Å²) in [6.07, 6.45) is 48.0. The number of phosphoric ester groups is 1. The Bertz CT molecular complexity index is 1170.